The van der Waals surface area contributed by atoms with Gasteiger partial charge in [-0.2, -0.15) is 5.26 Å². The number of aliphatic hydroxyl groups excluding tert-OH is 1. The molecule has 1 saturated carbocycles. The van der Waals surface area contributed by atoms with E-state index in [1.807, 2.05) is 30.3 Å². The molecule has 1 fully saturated rings. The van der Waals surface area contributed by atoms with Gasteiger partial charge in [0.25, 0.3) is 5.91 Å². The Morgan fingerprint density at radius 2 is 2.03 bits per heavy atom. The Balaban J connectivity index is 0.000000216. The van der Waals surface area contributed by atoms with Gasteiger partial charge in [0.05, 0.1) is 23.7 Å². The molecule has 0 radical (unpaired) electrons. The highest BCUT2D eigenvalue weighted by Gasteiger charge is 2.25. The van der Waals surface area contributed by atoms with Crippen LogP contribution in [0.2, 0.25) is 0 Å². The van der Waals surface area contributed by atoms with Crippen molar-refractivity contribution >= 4 is 23.0 Å². The highest BCUT2D eigenvalue weighted by molar-refractivity contribution is 5.95. The number of carbonyl (C=O) groups is 1. The Kier molecular flexibility index (Phi) is 7.69. The number of para-hydroxylation sites is 1. The molecule has 6 nitrogen and oxygen atoms in total. The number of amides is 1. The summed E-state index contributed by atoms with van der Waals surface area (Å²) in [5.41, 5.74) is 2.46. The first-order chi connectivity index (χ1) is 14.6. The van der Waals surface area contributed by atoms with Gasteiger partial charge in [-0.3, -0.25) is 9.79 Å². The molecule has 6 heteroatoms. The Morgan fingerprint density at radius 3 is 2.73 bits per heavy atom. The molecule has 0 saturated heterocycles. The van der Waals surface area contributed by atoms with Crippen LogP contribution in [0.5, 0.6) is 0 Å². The summed E-state index contributed by atoms with van der Waals surface area (Å²) < 4.78 is 0. The van der Waals surface area contributed by atoms with Gasteiger partial charge in [0, 0.05) is 18.0 Å². The number of nitrogens with zero attached hydrogens (tertiary/aromatic N) is 3. The normalized spacial score (nSPS) is 23.0. The zero-order valence-corrected chi connectivity index (χ0v) is 17.3. The molecule has 1 aliphatic carbocycles. The summed E-state index contributed by atoms with van der Waals surface area (Å²) >= 11 is 0. The molecule has 0 spiro atoms. The van der Waals surface area contributed by atoms with Gasteiger partial charge in [-0.15, -0.1) is 0 Å². The number of aliphatic hydroxyl groups is 1. The van der Waals surface area contributed by atoms with Gasteiger partial charge in [0.15, 0.2) is 0 Å². The maximum absolute atomic E-state index is 12.2. The fraction of sp³-hybridized carbons (Fsp3) is 0.417. The van der Waals surface area contributed by atoms with Crippen molar-refractivity contribution in [3.63, 3.8) is 0 Å². The summed E-state index contributed by atoms with van der Waals surface area (Å²) in [5, 5.41) is 22.3. The molecule has 1 amide bonds. The van der Waals surface area contributed by atoms with Crippen LogP contribution in [0.3, 0.4) is 0 Å². The molecule has 2 aliphatic rings. The van der Waals surface area contributed by atoms with E-state index in [1.165, 1.54) is 5.57 Å². The summed E-state index contributed by atoms with van der Waals surface area (Å²) in [6.45, 7) is 2.09. The van der Waals surface area contributed by atoms with Crippen molar-refractivity contribution in [2.24, 2.45) is 4.99 Å². The largest absolute Gasteiger partial charge is 0.391 e. The summed E-state index contributed by atoms with van der Waals surface area (Å²) in [4.78, 5) is 20.6. The van der Waals surface area contributed by atoms with Crippen molar-refractivity contribution in [2.45, 2.75) is 63.6 Å². The van der Waals surface area contributed by atoms with Gasteiger partial charge < -0.3 is 10.4 Å². The van der Waals surface area contributed by atoms with E-state index in [4.69, 9.17) is 5.26 Å². The van der Waals surface area contributed by atoms with Crippen LogP contribution in [0.1, 0.15) is 55.9 Å². The zero-order valence-electron chi connectivity index (χ0n) is 17.3. The molecular formula is C24H28N4O2. The average molecular weight is 405 g/mol. The quantitative estimate of drug-likeness (QED) is 0.809. The lowest BCUT2D eigenvalue weighted by atomic mass is 9.92. The lowest BCUT2D eigenvalue weighted by molar-refractivity contribution is 0.0714. The fourth-order valence-corrected chi connectivity index (χ4v) is 3.60. The van der Waals surface area contributed by atoms with E-state index in [0.29, 0.717) is 5.69 Å². The van der Waals surface area contributed by atoms with Crippen molar-refractivity contribution in [3.05, 3.63) is 53.7 Å². The molecule has 4 rings (SSSR count). The average Bonchev–Trinajstić information content (AvgIpc) is 2.80. The van der Waals surface area contributed by atoms with Gasteiger partial charge in [0.2, 0.25) is 0 Å². The van der Waals surface area contributed by atoms with E-state index in [-0.39, 0.29) is 18.0 Å². The van der Waals surface area contributed by atoms with Crippen LogP contribution in [0.4, 0.5) is 0 Å². The number of dihydropyridines is 1. The molecular weight excluding hydrogens is 376 g/mol. The lowest BCUT2D eigenvalue weighted by Crippen LogP contribution is -2.45. The monoisotopic (exact) mass is 404 g/mol. The van der Waals surface area contributed by atoms with Gasteiger partial charge in [-0.1, -0.05) is 50.1 Å². The third-order valence-corrected chi connectivity index (χ3v) is 5.46. The molecule has 0 bridgehead atoms. The topological polar surface area (TPSA) is 98.4 Å². The van der Waals surface area contributed by atoms with Crippen LogP contribution in [0.15, 0.2) is 53.0 Å². The molecule has 2 unspecified atom stereocenters. The second-order valence-corrected chi connectivity index (χ2v) is 7.61. The first-order valence-electron chi connectivity index (χ1n) is 10.6. The molecule has 30 heavy (non-hydrogen) atoms. The van der Waals surface area contributed by atoms with Gasteiger partial charge in [0.1, 0.15) is 11.7 Å². The van der Waals surface area contributed by atoms with Crippen LogP contribution in [0.25, 0.3) is 10.9 Å². The number of aromatic nitrogens is 1. The molecule has 2 N–H and O–H groups in total. The van der Waals surface area contributed by atoms with E-state index >= 15 is 0 Å². The number of rotatable bonds is 3. The zero-order chi connectivity index (χ0) is 21.3. The van der Waals surface area contributed by atoms with Crippen LogP contribution >= 0.6 is 0 Å². The number of nitrogens with one attached hydrogen (secondary N) is 1. The second-order valence-electron chi connectivity index (χ2n) is 7.61. The van der Waals surface area contributed by atoms with Crippen molar-refractivity contribution in [3.8, 4) is 6.07 Å². The number of nitriles is 1. The van der Waals surface area contributed by atoms with Crippen LogP contribution < -0.4 is 5.32 Å². The lowest BCUT2D eigenvalue weighted by Gasteiger charge is -2.28. The van der Waals surface area contributed by atoms with Crippen LogP contribution in [0, 0.1) is 11.3 Å². The SMILES string of the molecule is CCC1=CCC(C#N)N=C1.O=C(N[C@H]1CCCCC1O)c1ccc2ccccc2n1. The minimum atomic E-state index is -0.437. The third kappa shape index (κ3) is 5.74. The predicted molar refractivity (Wildman–Crippen MR) is 118 cm³/mol. The number of allylic oxidation sites excluding steroid dienone is 1. The van der Waals surface area contributed by atoms with E-state index in [9.17, 15) is 9.90 Å². The van der Waals surface area contributed by atoms with Gasteiger partial charge >= 0.3 is 0 Å². The Bertz CT molecular complexity index is 977. The fourth-order valence-electron chi connectivity index (χ4n) is 3.60. The molecule has 156 valence electrons. The summed E-state index contributed by atoms with van der Waals surface area (Å²) in [6.07, 6.45) is 8.93. The van der Waals surface area contributed by atoms with Crippen molar-refractivity contribution in [1.29, 1.82) is 5.26 Å². The highest BCUT2D eigenvalue weighted by Crippen LogP contribution is 2.19. The maximum Gasteiger partial charge on any atom is 0.270 e. The molecule has 1 aliphatic heterocycles. The first-order valence-corrected chi connectivity index (χ1v) is 10.6. The Hall–Kier alpha value is -3.04. The molecule has 1 aromatic carbocycles. The van der Waals surface area contributed by atoms with Crippen LogP contribution in [-0.2, 0) is 0 Å². The third-order valence-electron chi connectivity index (χ3n) is 5.46. The van der Waals surface area contributed by atoms with Crippen molar-refractivity contribution in [1.82, 2.24) is 10.3 Å². The maximum atomic E-state index is 12.2. The summed E-state index contributed by atoms with van der Waals surface area (Å²) in [7, 11) is 0. The minimum absolute atomic E-state index is 0.129. The summed E-state index contributed by atoms with van der Waals surface area (Å²) in [6, 6.07) is 13.2. The molecule has 3 atom stereocenters. The predicted octanol–water partition coefficient (Wildman–Crippen LogP) is 3.96. The van der Waals surface area contributed by atoms with Crippen molar-refractivity contribution in [2.75, 3.05) is 0 Å². The van der Waals surface area contributed by atoms with E-state index in [1.54, 1.807) is 12.3 Å². The standard InChI is InChI=1S/C16H18N2O2.C8H10N2/c19-15-8-4-3-7-13(15)18-16(20)14-10-9-11-5-1-2-6-12(11)17-14;1-2-7-3-4-8(5-9)10-6-7/h1-2,5-6,9-10,13,15,19H,3-4,7-8H2,(H,18,20);3,6,8H,2,4H2,1H3/t13-,15?;/m0./s1. The Labute approximate surface area is 177 Å². The van der Waals surface area contributed by atoms with Gasteiger partial charge in [-0.25, -0.2) is 4.98 Å². The number of aliphatic imine (C=N–C) groups is 1. The highest BCUT2D eigenvalue weighted by atomic mass is 16.3. The van der Waals surface area contributed by atoms with E-state index in [0.717, 1.165) is 49.4 Å². The molecule has 1 aromatic heterocycles. The number of benzene rings is 1. The first kappa shape index (κ1) is 21.7. The summed E-state index contributed by atoms with van der Waals surface area (Å²) in [5.74, 6) is -0.207. The van der Waals surface area contributed by atoms with Crippen molar-refractivity contribution < 1.29 is 9.90 Å². The van der Waals surface area contributed by atoms with Crippen LogP contribution in [-0.4, -0.2) is 40.4 Å². The Morgan fingerprint density at radius 1 is 1.23 bits per heavy atom. The number of hydrogen-bond donors (Lipinski definition) is 2. The second kappa shape index (κ2) is 10.7. The minimum Gasteiger partial charge on any atom is -0.391 e. The number of hydrogen-bond acceptors (Lipinski definition) is 5. The molecule has 2 heterocycles. The van der Waals surface area contributed by atoms with E-state index < -0.39 is 6.10 Å². The molecule has 2 aromatic rings. The van der Waals surface area contributed by atoms with E-state index in [2.05, 4.69) is 34.4 Å². The van der Waals surface area contributed by atoms with Gasteiger partial charge in [-0.05, 0) is 37.0 Å². The number of fused-ring (bicyclic) bond motifs is 1. The smallest absolute Gasteiger partial charge is 0.270 e. The number of pyridine rings is 1. The number of carbonyl (C=O) groups excluding carboxylic acids is 1.